The van der Waals surface area contributed by atoms with Gasteiger partial charge >= 0.3 is 0 Å². The van der Waals surface area contributed by atoms with Crippen molar-refractivity contribution in [3.8, 4) is 5.75 Å². The van der Waals surface area contributed by atoms with E-state index in [1.165, 1.54) is 16.7 Å². The van der Waals surface area contributed by atoms with Crippen molar-refractivity contribution in [2.24, 2.45) is 9.98 Å². The van der Waals surface area contributed by atoms with Crippen molar-refractivity contribution in [3.63, 3.8) is 0 Å². The summed E-state index contributed by atoms with van der Waals surface area (Å²) in [4.78, 5) is 54.9. The molecule has 1 fully saturated rings. The van der Waals surface area contributed by atoms with Gasteiger partial charge in [0.05, 0.1) is 23.7 Å². The van der Waals surface area contributed by atoms with Gasteiger partial charge in [-0.1, -0.05) is 54.2 Å². The van der Waals surface area contributed by atoms with E-state index in [2.05, 4.69) is 22.3 Å². The largest absolute Gasteiger partial charge is 0.492 e. The second-order valence-electron chi connectivity index (χ2n) is 10.6. The SMILES string of the molecule is CCOc1ccccc1NC(=O)CSC1=Nc2ccccc2C2=NC(CCC(=O)N3CCN(c4ccccc4)CC3)C(=O)N12. The van der Waals surface area contributed by atoms with Gasteiger partial charge in [0, 0.05) is 43.9 Å². The van der Waals surface area contributed by atoms with Crippen LogP contribution in [0.15, 0.2) is 88.8 Å². The first-order valence-corrected chi connectivity index (χ1v) is 15.8. The van der Waals surface area contributed by atoms with Gasteiger partial charge in [0.25, 0.3) is 5.91 Å². The zero-order valence-corrected chi connectivity index (χ0v) is 25.3. The number of thioether (sulfide) groups is 1. The molecule has 11 heteroatoms. The van der Waals surface area contributed by atoms with Crippen molar-refractivity contribution in [3.05, 3.63) is 84.4 Å². The highest BCUT2D eigenvalue weighted by Crippen LogP contribution is 2.34. The molecule has 3 aliphatic rings. The Labute approximate surface area is 260 Å². The van der Waals surface area contributed by atoms with Gasteiger partial charge in [-0.2, -0.15) is 0 Å². The fraction of sp³-hybridized carbons (Fsp3) is 0.303. The van der Waals surface area contributed by atoms with E-state index < -0.39 is 6.04 Å². The number of fused-ring (bicyclic) bond motifs is 3. The van der Waals surface area contributed by atoms with Crippen molar-refractivity contribution >= 4 is 57.5 Å². The van der Waals surface area contributed by atoms with Crippen LogP contribution in [0.2, 0.25) is 0 Å². The molecule has 0 bridgehead atoms. The Kier molecular flexibility index (Phi) is 8.92. The van der Waals surface area contributed by atoms with Gasteiger partial charge < -0.3 is 19.9 Å². The van der Waals surface area contributed by atoms with Crippen LogP contribution >= 0.6 is 11.8 Å². The highest BCUT2D eigenvalue weighted by molar-refractivity contribution is 8.14. The summed E-state index contributed by atoms with van der Waals surface area (Å²) in [6.07, 6.45) is 0.542. The first-order chi connectivity index (χ1) is 21.5. The van der Waals surface area contributed by atoms with Crippen molar-refractivity contribution in [1.82, 2.24) is 9.80 Å². The number of amides is 3. The smallest absolute Gasteiger partial charge is 0.259 e. The van der Waals surface area contributed by atoms with E-state index in [9.17, 15) is 14.4 Å². The number of rotatable bonds is 9. The number of nitrogens with one attached hydrogen (secondary N) is 1. The Morgan fingerprint density at radius 2 is 1.68 bits per heavy atom. The van der Waals surface area contributed by atoms with E-state index in [1.54, 1.807) is 12.1 Å². The van der Waals surface area contributed by atoms with E-state index in [4.69, 9.17) is 14.7 Å². The van der Waals surface area contributed by atoms with Crippen LogP contribution in [0.25, 0.3) is 0 Å². The molecule has 0 aliphatic carbocycles. The Bertz CT molecular complexity index is 1600. The van der Waals surface area contributed by atoms with Crippen LogP contribution in [-0.4, -0.2) is 83.1 Å². The quantitative estimate of drug-likeness (QED) is 0.381. The minimum Gasteiger partial charge on any atom is -0.492 e. The second kappa shape index (κ2) is 13.3. The summed E-state index contributed by atoms with van der Waals surface area (Å²) >= 11 is 1.18. The van der Waals surface area contributed by atoms with Crippen LogP contribution in [0.4, 0.5) is 17.1 Å². The maximum atomic E-state index is 13.7. The molecule has 3 heterocycles. The molecule has 0 aromatic heterocycles. The predicted molar refractivity (Wildman–Crippen MR) is 174 cm³/mol. The van der Waals surface area contributed by atoms with Gasteiger partial charge in [0.2, 0.25) is 11.8 Å². The normalized spacial score (nSPS) is 17.4. The van der Waals surface area contributed by atoms with Gasteiger partial charge in [-0.25, -0.2) is 9.89 Å². The van der Waals surface area contributed by atoms with Gasteiger partial charge in [-0.3, -0.25) is 19.4 Å². The van der Waals surface area contributed by atoms with Crippen LogP contribution in [0, 0.1) is 0 Å². The first-order valence-electron chi connectivity index (χ1n) is 14.8. The summed E-state index contributed by atoms with van der Waals surface area (Å²) in [7, 11) is 0. The molecule has 1 N–H and O–H groups in total. The summed E-state index contributed by atoms with van der Waals surface area (Å²) in [6.45, 7) is 5.19. The van der Waals surface area contributed by atoms with Gasteiger partial charge in [0.15, 0.2) is 5.17 Å². The van der Waals surface area contributed by atoms with Crippen molar-refractivity contribution in [2.75, 3.05) is 48.8 Å². The summed E-state index contributed by atoms with van der Waals surface area (Å²) < 4.78 is 5.61. The number of ether oxygens (including phenoxy) is 1. The maximum Gasteiger partial charge on any atom is 0.259 e. The lowest BCUT2D eigenvalue weighted by Crippen LogP contribution is -2.49. The van der Waals surface area contributed by atoms with Crippen LogP contribution in [0.3, 0.4) is 0 Å². The van der Waals surface area contributed by atoms with Crippen molar-refractivity contribution in [1.29, 1.82) is 0 Å². The molecule has 3 aromatic carbocycles. The Morgan fingerprint density at radius 1 is 0.955 bits per heavy atom. The van der Waals surface area contributed by atoms with E-state index >= 15 is 0 Å². The molecule has 0 radical (unpaired) electrons. The van der Waals surface area contributed by atoms with E-state index in [0.717, 1.165) is 24.3 Å². The molecule has 0 spiro atoms. The third kappa shape index (κ3) is 6.33. The van der Waals surface area contributed by atoms with Crippen LogP contribution in [0.5, 0.6) is 5.75 Å². The molecule has 10 nitrogen and oxygen atoms in total. The van der Waals surface area contributed by atoms with Gasteiger partial charge in [-0.05, 0) is 49.7 Å². The lowest BCUT2D eigenvalue weighted by Gasteiger charge is -2.36. The number of carbonyl (C=O) groups excluding carboxylic acids is 3. The van der Waals surface area contributed by atoms with Crippen LogP contribution in [-0.2, 0) is 14.4 Å². The number of benzene rings is 3. The molecule has 6 rings (SSSR count). The van der Waals surface area contributed by atoms with Crippen LogP contribution < -0.4 is 15.0 Å². The molecule has 1 atom stereocenters. The average molecular weight is 611 g/mol. The summed E-state index contributed by atoms with van der Waals surface area (Å²) in [5.74, 6) is 0.698. The Balaban J connectivity index is 1.09. The fourth-order valence-corrected chi connectivity index (χ4v) is 6.33. The minimum atomic E-state index is -0.691. The number of amidine groups is 2. The maximum absolute atomic E-state index is 13.7. The number of anilines is 2. The number of nitrogens with zero attached hydrogens (tertiary/aromatic N) is 5. The highest BCUT2D eigenvalue weighted by Gasteiger charge is 2.41. The molecular weight excluding hydrogens is 576 g/mol. The molecule has 1 saturated heterocycles. The van der Waals surface area contributed by atoms with E-state index in [-0.39, 0.29) is 29.9 Å². The predicted octanol–water partition coefficient (Wildman–Crippen LogP) is 4.54. The molecule has 3 aromatic rings. The average Bonchev–Trinajstić information content (AvgIpc) is 3.40. The summed E-state index contributed by atoms with van der Waals surface area (Å²) in [5.41, 5.74) is 3.19. The molecule has 0 saturated carbocycles. The Morgan fingerprint density at radius 3 is 2.48 bits per heavy atom. The first kappa shape index (κ1) is 29.4. The number of para-hydroxylation sites is 4. The standard InChI is InChI=1S/C33H34N6O4S/c1-2-43-28-15-9-8-14-26(28)34-29(40)22-44-33-36-25-13-7-6-12-24(25)31-35-27(32(42)39(31)33)16-17-30(41)38-20-18-37(19-21-38)23-10-4-3-5-11-23/h3-15,27H,2,16-22H2,1H3,(H,34,40). The molecule has 3 aliphatic heterocycles. The van der Waals surface area contributed by atoms with E-state index in [1.807, 2.05) is 66.4 Å². The molecular formula is C33H34N6O4S. The number of hydrogen-bond donors (Lipinski definition) is 1. The van der Waals surface area contributed by atoms with Crippen molar-refractivity contribution < 1.29 is 19.1 Å². The lowest BCUT2D eigenvalue weighted by molar-refractivity contribution is -0.132. The molecule has 44 heavy (non-hydrogen) atoms. The third-order valence-corrected chi connectivity index (χ3v) is 8.67. The minimum absolute atomic E-state index is 0.0308. The number of hydrogen-bond acceptors (Lipinski definition) is 8. The molecule has 3 amide bonds. The zero-order chi connectivity index (χ0) is 30.5. The van der Waals surface area contributed by atoms with Gasteiger partial charge in [-0.15, -0.1) is 0 Å². The number of carbonyl (C=O) groups is 3. The fourth-order valence-electron chi connectivity index (χ4n) is 5.53. The number of aliphatic imine (C=N–C) groups is 2. The van der Waals surface area contributed by atoms with Crippen molar-refractivity contribution in [2.45, 2.75) is 25.8 Å². The highest BCUT2D eigenvalue weighted by atomic mass is 32.2. The van der Waals surface area contributed by atoms with Crippen LogP contribution in [0.1, 0.15) is 25.3 Å². The lowest BCUT2D eigenvalue weighted by atomic mass is 10.1. The third-order valence-electron chi connectivity index (χ3n) is 7.73. The monoisotopic (exact) mass is 610 g/mol. The zero-order valence-electron chi connectivity index (χ0n) is 24.5. The number of piperazine rings is 1. The topological polar surface area (TPSA) is 107 Å². The Hall–Kier alpha value is -4.64. The summed E-state index contributed by atoms with van der Waals surface area (Å²) in [6, 6.07) is 24.3. The summed E-state index contributed by atoms with van der Waals surface area (Å²) in [5, 5.41) is 3.29. The molecule has 1 unspecified atom stereocenters. The second-order valence-corrected chi connectivity index (χ2v) is 11.5. The van der Waals surface area contributed by atoms with E-state index in [0.29, 0.717) is 54.2 Å². The molecule has 226 valence electrons. The van der Waals surface area contributed by atoms with Gasteiger partial charge in [0.1, 0.15) is 17.6 Å².